The zero-order valence-corrected chi connectivity index (χ0v) is 13.5. The van der Waals surface area contributed by atoms with Crippen LogP contribution in [-0.4, -0.2) is 31.9 Å². The van der Waals surface area contributed by atoms with Crippen LogP contribution < -0.4 is 5.32 Å². The van der Waals surface area contributed by atoms with Crippen molar-refractivity contribution in [2.45, 2.75) is 56.4 Å². The molecule has 4 nitrogen and oxygen atoms in total. The van der Waals surface area contributed by atoms with Crippen molar-refractivity contribution in [1.29, 1.82) is 0 Å². The van der Waals surface area contributed by atoms with E-state index >= 15 is 0 Å². The Hall–Kier alpha value is -1.07. The lowest BCUT2D eigenvalue weighted by atomic mass is 9.95. The smallest absolute Gasteiger partial charge is 0.243 e. The summed E-state index contributed by atoms with van der Waals surface area (Å²) in [6.07, 6.45) is 6.43. The van der Waals surface area contributed by atoms with E-state index in [0.29, 0.717) is 11.4 Å². The maximum Gasteiger partial charge on any atom is 0.243 e. The number of sulfonamides is 1. The average Bonchev–Trinajstić information content (AvgIpc) is 2.96. The molecule has 0 bridgehead atoms. The van der Waals surface area contributed by atoms with Gasteiger partial charge in [-0.15, -0.1) is 0 Å². The first-order valence-corrected chi connectivity index (χ1v) is 9.45. The minimum absolute atomic E-state index is 0.181. The van der Waals surface area contributed by atoms with E-state index in [-0.39, 0.29) is 6.04 Å². The predicted octanol–water partition coefficient (Wildman–Crippen LogP) is 3.00. The molecule has 1 saturated carbocycles. The molecule has 3 rings (SSSR count). The Morgan fingerprint density at radius 3 is 2.71 bits per heavy atom. The van der Waals surface area contributed by atoms with Crippen molar-refractivity contribution in [3.8, 4) is 0 Å². The van der Waals surface area contributed by atoms with Gasteiger partial charge in [-0.1, -0.05) is 26.2 Å². The topological polar surface area (TPSA) is 49.4 Å². The van der Waals surface area contributed by atoms with Gasteiger partial charge in [-0.3, -0.25) is 0 Å². The predicted molar refractivity (Wildman–Crippen MR) is 85.1 cm³/mol. The fraction of sp³-hybridized carbons (Fsp3) is 0.625. The summed E-state index contributed by atoms with van der Waals surface area (Å²) in [6.45, 7) is 3.41. The molecule has 1 N–H and O–H groups in total. The van der Waals surface area contributed by atoms with Crippen LogP contribution in [0.15, 0.2) is 23.1 Å². The van der Waals surface area contributed by atoms with Gasteiger partial charge in [0.1, 0.15) is 0 Å². The van der Waals surface area contributed by atoms with Crippen LogP contribution in [0.5, 0.6) is 0 Å². The van der Waals surface area contributed by atoms with Gasteiger partial charge in [0.25, 0.3) is 0 Å². The van der Waals surface area contributed by atoms with Crippen LogP contribution in [0.3, 0.4) is 0 Å². The lowest BCUT2D eigenvalue weighted by molar-refractivity contribution is 0.261. The number of anilines is 1. The summed E-state index contributed by atoms with van der Waals surface area (Å²) in [5.74, 6) is 0. The molecule has 21 heavy (non-hydrogen) atoms. The molecule has 0 radical (unpaired) electrons. The molecule has 0 unspecified atom stereocenters. The second-order valence-electron chi connectivity index (χ2n) is 6.00. The van der Waals surface area contributed by atoms with Crippen molar-refractivity contribution >= 4 is 15.7 Å². The number of nitrogens with one attached hydrogen (secondary N) is 1. The van der Waals surface area contributed by atoms with E-state index in [1.807, 2.05) is 19.1 Å². The second kappa shape index (κ2) is 5.97. The summed E-state index contributed by atoms with van der Waals surface area (Å²) >= 11 is 0. The van der Waals surface area contributed by atoms with E-state index in [2.05, 4.69) is 5.32 Å². The van der Waals surface area contributed by atoms with Crippen LogP contribution in [-0.2, 0) is 16.4 Å². The molecule has 1 fully saturated rings. The SMILES string of the molecule is CCN(C1CCCCC1)S(=O)(=O)c1ccc2c(c1)CCN2. The first-order chi connectivity index (χ1) is 10.1. The molecule has 1 aliphatic heterocycles. The summed E-state index contributed by atoms with van der Waals surface area (Å²) in [6, 6.07) is 5.69. The highest BCUT2D eigenvalue weighted by Gasteiger charge is 2.31. The van der Waals surface area contributed by atoms with Crippen LogP contribution in [0.2, 0.25) is 0 Å². The van der Waals surface area contributed by atoms with Gasteiger partial charge in [0.15, 0.2) is 0 Å². The van der Waals surface area contributed by atoms with Crippen molar-refractivity contribution in [3.63, 3.8) is 0 Å². The minimum atomic E-state index is -3.37. The molecule has 0 amide bonds. The average molecular weight is 308 g/mol. The summed E-state index contributed by atoms with van der Waals surface area (Å²) in [5, 5.41) is 3.28. The molecule has 0 aromatic heterocycles. The fourth-order valence-electron chi connectivity index (χ4n) is 3.57. The third-order valence-corrected chi connectivity index (χ3v) is 6.71. The largest absolute Gasteiger partial charge is 0.384 e. The van der Waals surface area contributed by atoms with Gasteiger partial charge in [-0.2, -0.15) is 4.31 Å². The van der Waals surface area contributed by atoms with E-state index in [4.69, 9.17) is 0 Å². The highest BCUT2D eigenvalue weighted by molar-refractivity contribution is 7.89. The molecule has 0 atom stereocenters. The van der Waals surface area contributed by atoms with Crippen LogP contribution in [0, 0.1) is 0 Å². The second-order valence-corrected chi connectivity index (χ2v) is 7.89. The summed E-state index contributed by atoms with van der Waals surface area (Å²) in [7, 11) is -3.37. The zero-order valence-electron chi connectivity index (χ0n) is 12.6. The molecule has 2 aliphatic rings. The maximum atomic E-state index is 13.0. The standard InChI is InChI=1S/C16H24N2O2S/c1-2-18(14-6-4-3-5-7-14)21(19,20)15-8-9-16-13(12-15)10-11-17-16/h8-9,12,14,17H,2-7,10-11H2,1H3. The lowest BCUT2D eigenvalue weighted by Crippen LogP contribution is -2.41. The first-order valence-electron chi connectivity index (χ1n) is 8.01. The van der Waals surface area contributed by atoms with E-state index in [1.165, 1.54) is 6.42 Å². The number of benzene rings is 1. The number of hydrogen-bond donors (Lipinski definition) is 1. The summed E-state index contributed by atoms with van der Waals surface area (Å²) in [5.41, 5.74) is 2.20. The Kier molecular flexibility index (Phi) is 4.22. The lowest BCUT2D eigenvalue weighted by Gasteiger charge is -2.32. The quantitative estimate of drug-likeness (QED) is 0.930. The molecule has 5 heteroatoms. The highest BCUT2D eigenvalue weighted by Crippen LogP contribution is 2.30. The van der Waals surface area contributed by atoms with Gasteiger partial charge >= 0.3 is 0 Å². The van der Waals surface area contributed by atoms with E-state index in [9.17, 15) is 8.42 Å². The normalized spacial score (nSPS) is 19.5. The van der Waals surface area contributed by atoms with Gasteiger partial charge in [-0.05, 0) is 43.0 Å². The Morgan fingerprint density at radius 2 is 2.00 bits per heavy atom. The highest BCUT2D eigenvalue weighted by atomic mass is 32.2. The molecule has 1 aromatic rings. The van der Waals surface area contributed by atoms with E-state index in [1.54, 1.807) is 10.4 Å². The molecular formula is C16H24N2O2S. The number of nitrogens with zero attached hydrogens (tertiary/aromatic N) is 1. The Labute approximate surface area is 127 Å². The first kappa shape index (κ1) is 14.9. The Bertz CT molecular complexity index is 607. The van der Waals surface area contributed by atoms with Crippen molar-refractivity contribution in [2.24, 2.45) is 0 Å². The number of rotatable bonds is 4. The van der Waals surface area contributed by atoms with Crippen LogP contribution >= 0.6 is 0 Å². The summed E-state index contributed by atoms with van der Waals surface area (Å²) < 4.78 is 27.7. The monoisotopic (exact) mass is 308 g/mol. The molecule has 116 valence electrons. The molecule has 0 saturated heterocycles. The molecule has 1 aromatic carbocycles. The molecule has 0 spiro atoms. The Balaban J connectivity index is 1.90. The third kappa shape index (κ3) is 2.81. The summed E-state index contributed by atoms with van der Waals surface area (Å²) in [4.78, 5) is 0.456. The van der Waals surface area contributed by atoms with Gasteiger partial charge in [0.05, 0.1) is 4.90 Å². The van der Waals surface area contributed by atoms with Gasteiger partial charge in [0, 0.05) is 24.8 Å². The van der Waals surface area contributed by atoms with E-state index in [0.717, 1.165) is 49.9 Å². The number of fused-ring (bicyclic) bond motifs is 1. The molecule has 1 aliphatic carbocycles. The zero-order chi connectivity index (χ0) is 14.9. The van der Waals surface area contributed by atoms with E-state index < -0.39 is 10.0 Å². The van der Waals surface area contributed by atoms with Crippen molar-refractivity contribution in [3.05, 3.63) is 23.8 Å². The van der Waals surface area contributed by atoms with Crippen molar-refractivity contribution in [2.75, 3.05) is 18.4 Å². The Morgan fingerprint density at radius 1 is 1.24 bits per heavy atom. The molecular weight excluding hydrogens is 284 g/mol. The van der Waals surface area contributed by atoms with Gasteiger partial charge in [0.2, 0.25) is 10.0 Å². The maximum absolute atomic E-state index is 13.0. The van der Waals surface area contributed by atoms with Gasteiger partial charge < -0.3 is 5.32 Å². The van der Waals surface area contributed by atoms with Crippen molar-refractivity contribution in [1.82, 2.24) is 4.31 Å². The minimum Gasteiger partial charge on any atom is -0.384 e. The van der Waals surface area contributed by atoms with Gasteiger partial charge in [-0.25, -0.2) is 8.42 Å². The molecule has 1 heterocycles. The fourth-order valence-corrected chi connectivity index (χ4v) is 5.32. The van der Waals surface area contributed by atoms with Crippen LogP contribution in [0.4, 0.5) is 5.69 Å². The van der Waals surface area contributed by atoms with Crippen LogP contribution in [0.25, 0.3) is 0 Å². The third-order valence-electron chi connectivity index (χ3n) is 4.69. The van der Waals surface area contributed by atoms with Crippen molar-refractivity contribution < 1.29 is 8.42 Å². The number of hydrogen-bond acceptors (Lipinski definition) is 3. The van der Waals surface area contributed by atoms with Crippen LogP contribution in [0.1, 0.15) is 44.6 Å².